The number of carbonyl (C=O) groups excluding carboxylic acids is 1. The van der Waals surface area contributed by atoms with Crippen molar-refractivity contribution in [3.05, 3.63) is 0 Å². The van der Waals surface area contributed by atoms with E-state index in [1.165, 1.54) is 6.26 Å². The van der Waals surface area contributed by atoms with E-state index in [-0.39, 0.29) is 23.4 Å². The van der Waals surface area contributed by atoms with E-state index in [0.717, 1.165) is 12.8 Å². The Balaban J connectivity index is 2.01. The lowest BCUT2D eigenvalue weighted by atomic mass is 10.3. The van der Waals surface area contributed by atoms with Crippen LogP contribution in [0.25, 0.3) is 0 Å². The highest BCUT2D eigenvalue weighted by Gasteiger charge is 2.57. The molecule has 1 saturated carbocycles. The summed E-state index contributed by atoms with van der Waals surface area (Å²) in [6.07, 6.45) is 2.91. The third-order valence-corrected chi connectivity index (χ3v) is 4.00. The Morgan fingerprint density at radius 1 is 1.53 bits per heavy atom. The molecule has 86 valence electrons. The van der Waals surface area contributed by atoms with Gasteiger partial charge < -0.3 is 4.90 Å². The van der Waals surface area contributed by atoms with Crippen LogP contribution in [0.3, 0.4) is 0 Å². The first kappa shape index (κ1) is 10.9. The number of amides is 1. The molecule has 15 heavy (non-hydrogen) atoms. The second-order valence-corrected chi connectivity index (χ2v) is 6.79. The zero-order valence-electron chi connectivity index (χ0n) is 8.99. The molecule has 0 radical (unpaired) electrons. The van der Waals surface area contributed by atoms with Gasteiger partial charge in [-0.25, -0.2) is 8.42 Å². The fraction of sp³-hybridized carbons (Fsp3) is 0.889. The number of sulfone groups is 1. The number of nitrogens with one attached hydrogen (secondary N) is 1. The normalized spacial score (nSPS) is 28.8. The van der Waals surface area contributed by atoms with Crippen molar-refractivity contribution < 1.29 is 13.2 Å². The standard InChI is InChI=1S/C9H16N2O3S/c1-7-10-9(3-4-9)8(12)11(7)5-6-15(2,13)14/h7,10H,3-6H2,1-2H3. The summed E-state index contributed by atoms with van der Waals surface area (Å²) in [7, 11) is -3.00. The fourth-order valence-electron chi connectivity index (χ4n) is 2.03. The van der Waals surface area contributed by atoms with Crippen LogP contribution >= 0.6 is 0 Å². The Labute approximate surface area is 89.7 Å². The molecule has 0 aromatic heterocycles. The lowest BCUT2D eigenvalue weighted by Crippen LogP contribution is -2.38. The average molecular weight is 232 g/mol. The zero-order chi connectivity index (χ0) is 11.3. The Hall–Kier alpha value is -0.620. The van der Waals surface area contributed by atoms with Gasteiger partial charge in [0.15, 0.2) is 0 Å². The quantitative estimate of drug-likeness (QED) is 0.701. The van der Waals surface area contributed by atoms with Crippen molar-refractivity contribution in [2.75, 3.05) is 18.6 Å². The SMILES string of the molecule is CC1NC2(CC2)C(=O)N1CCS(C)(=O)=O. The minimum absolute atomic E-state index is 0.0400. The minimum atomic E-state index is -3.00. The molecule has 1 N–H and O–H groups in total. The van der Waals surface area contributed by atoms with Gasteiger partial charge in [-0.05, 0) is 19.8 Å². The Kier molecular flexibility index (Phi) is 2.31. The molecule has 0 aromatic carbocycles. The lowest BCUT2D eigenvalue weighted by molar-refractivity contribution is -0.130. The van der Waals surface area contributed by atoms with E-state index in [1.54, 1.807) is 4.90 Å². The maximum Gasteiger partial charge on any atom is 0.244 e. The third kappa shape index (κ3) is 2.01. The van der Waals surface area contributed by atoms with Gasteiger partial charge in [0.1, 0.15) is 9.84 Å². The average Bonchev–Trinajstić information content (AvgIpc) is 2.78. The van der Waals surface area contributed by atoms with Crippen LogP contribution in [0, 0.1) is 0 Å². The molecule has 6 heteroatoms. The number of hydrogen-bond acceptors (Lipinski definition) is 4. The summed E-state index contributed by atoms with van der Waals surface area (Å²) in [4.78, 5) is 13.5. The Bertz CT molecular complexity index is 386. The second kappa shape index (κ2) is 3.18. The van der Waals surface area contributed by atoms with Crippen LogP contribution in [0.2, 0.25) is 0 Å². The molecule has 1 spiro atoms. The molecular formula is C9H16N2O3S. The summed E-state index contributed by atoms with van der Waals surface area (Å²) in [5.74, 6) is 0.111. The highest BCUT2D eigenvalue weighted by Crippen LogP contribution is 2.41. The molecule has 1 aliphatic heterocycles. The van der Waals surface area contributed by atoms with Gasteiger partial charge in [-0.15, -0.1) is 0 Å². The van der Waals surface area contributed by atoms with Crippen LogP contribution in [-0.2, 0) is 14.6 Å². The maximum absolute atomic E-state index is 11.9. The fourth-order valence-corrected chi connectivity index (χ4v) is 2.56. The van der Waals surface area contributed by atoms with Crippen LogP contribution in [0.1, 0.15) is 19.8 Å². The van der Waals surface area contributed by atoms with Crippen molar-refractivity contribution >= 4 is 15.7 Å². The lowest BCUT2D eigenvalue weighted by Gasteiger charge is -2.19. The molecule has 0 aromatic rings. The second-order valence-electron chi connectivity index (χ2n) is 4.53. The predicted molar refractivity (Wildman–Crippen MR) is 56.0 cm³/mol. The van der Waals surface area contributed by atoms with Crippen LogP contribution < -0.4 is 5.32 Å². The molecule has 1 heterocycles. The summed E-state index contributed by atoms with van der Waals surface area (Å²) >= 11 is 0. The van der Waals surface area contributed by atoms with Crippen molar-refractivity contribution in [2.24, 2.45) is 0 Å². The first-order valence-corrected chi connectivity index (χ1v) is 7.17. The van der Waals surface area contributed by atoms with E-state index in [4.69, 9.17) is 0 Å². The molecule has 2 rings (SSSR count). The number of hydrogen-bond donors (Lipinski definition) is 1. The van der Waals surface area contributed by atoms with Crippen LogP contribution in [0.15, 0.2) is 0 Å². The molecule has 1 atom stereocenters. The van der Waals surface area contributed by atoms with Crippen LogP contribution in [0.5, 0.6) is 0 Å². The Morgan fingerprint density at radius 3 is 2.53 bits per heavy atom. The molecule has 1 aliphatic carbocycles. The summed E-state index contributed by atoms with van der Waals surface area (Å²) in [6, 6.07) is 0. The van der Waals surface area contributed by atoms with Crippen molar-refractivity contribution in [1.29, 1.82) is 0 Å². The molecule has 5 nitrogen and oxygen atoms in total. The predicted octanol–water partition coefficient (Wildman–Crippen LogP) is -0.659. The van der Waals surface area contributed by atoms with E-state index in [0.29, 0.717) is 6.54 Å². The molecule has 1 amide bonds. The topological polar surface area (TPSA) is 66.5 Å². The van der Waals surface area contributed by atoms with Gasteiger partial charge in [0.05, 0.1) is 17.5 Å². The molecule has 1 saturated heterocycles. The van der Waals surface area contributed by atoms with Gasteiger partial charge in [-0.3, -0.25) is 10.1 Å². The zero-order valence-corrected chi connectivity index (χ0v) is 9.80. The third-order valence-electron chi connectivity index (χ3n) is 3.08. The van der Waals surface area contributed by atoms with Crippen LogP contribution in [0.4, 0.5) is 0 Å². The molecule has 1 unspecified atom stereocenters. The van der Waals surface area contributed by atoms with Crippen molar-refractivity contribution in [1.82, 2.24) is 10.2 Å². The first-order chi connectivity index (χ1) is 6.84. The monoisotopic (exact) mass is 232 g/mol. The smallest absolute Gasteiger partial charge is 0.244 e. The van der Waals surface area contributed by atoms with Gasteiger partial charge in [-0.1, -0.05) is 0 Å². The van der Waals surface area contributed by atoms with Crippen molar-refractivity contribution in [3.8, 4) is 0 Å². The summed E-state index contributed by atoms with van der Waals surface area (Å²) in [5, 5.41) is 3.22. The number of nitrogens with zero attached hydrogens (tertiary/aromatic N) is 1. The highest BCUT2D eigenvalue weighted by molar-refractivity contribution is 7.90. The van der Waals surface area contributed by atoms with Gasteiger partial charge in [0.25, 0.3) is 0 Å². The largest absolute Gasteiger partial charge is 0.325 e. The minimum Gasteiger partial charge on any atom is -0.325 e. The first-order valence-electron chi connectivity index (χ1n) is 5.11. The van der Waals surface area contributed by atoms with Gasteiger partial charge >= 0.3 is 0 Å². The summed E-state index contributed by atoms with van der Waals surface area (Å²) in [6.45, 7) is 2.20. The van der Waals surface area contributed by atoms with Crippen molar-refractivity contribution in [3.63, 3.8) is 0 Å². The van der Waals surface area contributed by atoms with E-state index >= 15 is 0 Å². The van der Waals surface area contributed by atoms with E-state index < -0.39 is 9.84 Å². The van der Waals surface area contributed by atoms with Gasteiger partial charge in [0, 0.05) is 12.8 Å². The van der Waals surface area contributed by atoms with Crippen LogP contribution in [-0.4, -0.2) is 49.5 Å². The number of carbonyl (C=O) groups is 1. The molecule has 2 aliphatic rings. The number of rotatable bonds is 3. The van der Waals surface area contributed by atoms with E-state index in [2.05, 4.69) is 5.32 Å². The summed E-state index contributed by atoms with van der Waals surface area (Å²) in [5.41, 5.74) is -0.336. The van der Waals surface area contributed by atoms with E-state index in [9.17, 15) is 13.2 Å². The van der Waals surface area contributed by atoms with Crippen molar-refractivity contribution in [2.45, 2.75) is 31.5 Å². The molecular weight excluding hydrogens is 216 g/mol. The maximum atomic E-state index is 11.9. The van der Waals surface area contributed by atoms with Gasteiger partial charge in [0.2, 0.25) is 5.91 Å². The van der Waals surface area contributed by atoms with Gasteiger partial charge in [-0.2, -0.15) is 0 Å². The Morgan fingerprint density at radius 2 is 2.13 bits per heavy atom. The highest BCUT2D eigenvalue weighted by atomic mass is 32.2. The van der Waals surface area contributed by atoms with E-state index in [1.807, 2.05) is 6.92 Å². The summed E-state index contributed by atoms with van der Waals surface area (Å²) < 4.78 is 22.0. The molecule has 0 bridgehead atoms. The molecule has 2 fully saturated rings.